The van der Waals surface area contributed by atoms with Crippen molar-refractivity contribution in [3.05, 3.63) is 104 Å². The van der Waals surface area contributed by atoms with Crippen molar-refractivity contribution in [2.24, 2.45) is 0 Å². The molecule has 0 atom stereocenters. The van der Waals surface area contributed by atoms with Crippen molar-refractivity contribution in [3.63, 3.8) is 0 Å². The number of fused-ring (bicyclic) bond motifs is 1. The molecule has 0 aliphatic rings. The lowest BCUT2D eigenvalue weighted by molar-refractivity contribution is 0.482. The predicted molar refractivity (Wildman–Crippen MR) is 119 cm³/mol. The SMILES string of the molecule is O=c1/c(=C/c2cccc(Oc3ccccc3)c2)sc2nc(-c3cccc(Cl)c3)nn12. The molecule has 5 aromatic rings. The average Bonchev–Trinajstić information content (AvgIpc) is 3.29. The van der Waals surface area contributed by atoms with Gasteiger partial charge in [-0.2, -0.15) is 9.50 Å². The van der Waals surface area contributed by atoms with Gasteiger partial charge in [0.1, 0.15) is 11.5 Å². The first-order chi connectivity index (χ1) is 14.7. The number of thiazole rings is 1. The summed E-state index contributed by atoms with van der Waals surface area (Å²) in [4.78, 5) is 17.8. The van der Waals surface area contributed by atoms with Crippen molar-refractivity contribution >= 4 is 34.0 Å². The van der Waals surface area contributed by atoms with Crippen molar-refractivity contribution in [2.75, 3.05) is 0 Å². The fourth-order valence-corrected chi connectivity index (χ4v) is 4.13. The van der Waals surface area contributed by atoms with Gasteiger partial charge in [-0.15, -0.1) is 5.10 Å². The van der Waals surface area contributed by atoms with E-state index in [2.05, 4.69) is 10.1 Å². The molecule has 0 saturated carbocycles. The quantitative estimate of drug-likeness (QED) is 0.409. The number of hydrogen-bond acceptors (Lipinski definition) is 5. The first kappa shape index (κ1) is 18.5. The van der Waals surface area contributed by atoms with E-state index in [-0.39, 0.29) is 5.56 Å². The molecule has 0 bridgehead atoms. The Bertz CT molecular complexity index is 1460. The average molecular weight is 432 g/mol. The molecule has 0 unspecified atom stereocenters. The Kier molecular flexibility index (Phi) is 4.78. The van der Waals surface area contributed by atoms with Gasteiger partial charge in [-0.05, 0) is 48.0 Å². The Hall–Kier alpha value is -3.48. The van der Waals surface area contributed by atoms with E-state index in [1.165, 1.54) is 15.9 Å². The maximum absolute atomic E-state index is 12.8. The third-order valence-corrected chi connectivity index (χ3v) is 5.59. The van der Waals surface area contributed by atoms with Gasteiger partial charge in [0.15, 0.2) is 5.82 Å². The minimum atomic E-state index is -0.204. The summed E-state index contributed by atoms with van der Waals surface area (Å²) < 4.78 is 7.76. The van der Waals surface area contributed by atoms with E-state index in [0.29, 0.717) is 26.1 Å². The summed E-state index contributed by atoms with van der Waals surface area (Å²) in [6.07, 6.45) is 1.82. The summed E-state index contributed by atoms with van der Waals surface area (Å²) in [7, 11) is 0. The molecular weight excluding hydrogens is 418 g/mol. The van der Waals surface area contributed by atoms with Gasteiger partial charge in [0.2, 0.25) is 4.96 Å². The fourth-order valence-electron chi connectivity index (χ4n) is 3.03. The molecule has 3 aromatic carbocycles. The van der Waals surface area contributed by atoms with Crippen molar-refractivity contribution in [2.45, 2.75) is 0 Å². The number of para-hydroxylation sites is 1. The topological polar surface area (TPSA) is 56.5 Å². The van der Waals surface area contributed by atoms with Crippen LogP contribution in [0.2, 0.25) is 5.02 Å². The van der Waals surface area contributed by atoms with Crippen LogP contribution in [0.5, 0.6) is 11.5 Å². The molecular formula is C23H14ClN3O2S. The van der Waals surface area contributed by atoms with Crippen LogP contribution in [0.3, 0.4) is 0 Å². The molecule has 0 fully saturated rings. The number of benzene rings is 3. The van der Waals surface area contributed by atoms with E-state index >= 15 is 0 Å². The largest absolute Gasteiger partial charge is 0.457 e. The van der Waals surface area contributed by atoms with Gasteiger partial charge in [0.05, 0.1) is 4.53 Å². The molecule has 0 amide bonds. The first-order valence-corrected chi connectivity index (χ1v) is 10.4. The van der Waals surface area contributed by atoms with E-state index in [1.54, 1.807) is 12.1 Å². The summed E-state index contributed by atoms with van der Waals surface area (Å²) in [6.45, 7) is 0. The van der Waals surface area contributed by atoms with Gasteiger partial charge < -0.3 is 4.74 Å². The van der Waals surface area contributed by atoms with Gasteiger partial charge >= 0.3 is 0 Å². The van der Waals surface area contributed by atoms with Gasteiger partial charge in [0.25, 0.3) is 5.56 Å². The molecule has 0 radical (unpaired) electrons. The highest BCUT2D eigenvalue weighted by Crippen LogP contribution is 2.23. The molecule has 0 aliphatic heterocycles. The Balaban J connectivity index is 1.49. The lowest BCUT2D eigenvalue weighted by Crippen LogP contribution is -2.23. The second-order valence-corrected chi connectivity index (χ2v) is 7.99. The van der Waals surface area contributed by atoms with Crippen molar-refractivity contribution < 1.29 is 4.74 Å². The number of ether oxygens (including phenoxy) is 1. The van der Waals surface area contributed by atoms with E-state index < -0.39 is 0 Å². The summed E-state index contributed by atoms with van der Waals surface area (Å²) in [6, 6.07) is 24.4. The first-order valence-electron chi connectivity index (χ1n) is 9.16. The van der Waals surface area contributed by atoms with Crippen LogP contribution < -0.4 is 14.8 Å². The molecule has 5 rings (SSSR count). The number of nitrogens with zero attached hydrogens (tertiary/aromatic N) is 3. The number of rotatable bonds is 4. The minimum absolute atomic E-state index is 0.204. The molecule has 30 heavy (non-hydrogen) atoms. The normalized spacial score (nSPS) is 11.8. The summed E-state index contributed by atoms with van der Waals surface area (Å²) in [5, 5.41) is 4.96. The monoisotopic (exact) mass is 431 g/mol. The van der Waals surface area contributed by atoms with Crippen LogP contribution in [0.4, 0.5) is 0 Å². The smallest absolute Gasteiger partial charge is 0.291 e. The molecule has 7 heteroatoms. The zero-order chi connectivity index (χ0) is 20.5. The van der Waals surface area contributed by atoms with Crippen molar-refractivity contribution in [1.29, 1.82) is 0 Å². The van der Waals surface area contributed by atoms with E-state index in [1.807, 2.05) is 72.8 Å². The number of hydrogen-bond donors (Lipinski definition) is 0. The second kappa shape index (κ2) is 7.74. The highest BCUT2D eigenvalue weighted by molar-refractivity contribution is 7.15. The van der Waals surface area contributed by atoms with Crippen LogP contribution in [0, 0.1) is 0 Å². The van der Waals surface area contributed by atoms with Gasteiger partial charge in [-0.25, -0.2) is 0 Å². The Morgan fingerprint density at radius 3 is 2.53 bits per heavy atom. The zero-order valence-corrected chi connectivity index (χ0v) is 17.1. The van der Waals surface area contributed by atoms with Gasteiger partial charge in [-0.1, -0.05) is 65.4 Å². The van der Waals surface area contributed by atoms with Crippen LogP contribution in [-0.4, -0.2) is 14.6 Å². The maximum Gasteiger partial charge on any atom is 0.291 e. The molecule has 0 saturated heterocycles. The molecule has 5 nitrogen and oxygen atoms in total. The lowest BCUT2D eigenvalue weighted by Gasteiger charge is -2.05. The highest BCUT2D eigenvalue weighted by atomic mass is 35.5. The van der Waals surface area contributed by atoms with Crippen LogP contribution in [0.15, 0.2) is 83.7 Å². The third-order valence-electron chi connectivity index (χ3n) is 4.40. The number of aromatic nitrogens is 3. The van der Waals surface area contributed by atoms with Gasteiger partial charge in [0, 0.05) is 10.6 Å². The van der Waals surface area contributed by atoms with Crippen molar-refractivity contribution in [3.8, 4) is 22.9 Å². The summed E-state index contributed by atoms with van der Waals surface area (Å²) >= 11 is 7.34. The van der Waals surface area contributed by atoms with E-state index in [9.17, 15) is 4.79 Å². The van der Waals surface area contributed by atoms with Crippen LogP contribution in [0.25, 0.3) is 22.4 Å². The Labute approximate surface area is 180 Å². The van der Waals surface area contributed by atoms with Crippen LogP contribution in [0.1, 0.15) is 5.56 Å². The fraction of sp³-hybridized carbons (Fsp3) is 0. The Morgan fingerprint density at radius 2 is 1.73 bits per heavy atom. The van der Waals surface area contributed by atoms with Crippen molar-refractivity contribution in [1.82, 2.24) is 14.6 Å². The summed E-state index contributed by atoms with van der Waals surface area (Å²) in [5.41, 5.74) is 1.43. The van der Waals surface area contributed by atoms with E-state index in [0.717, 1.165) is 16.9 Å². The third kappa shape index (κ3) is 3.70. The highest BCUT2D eigenvalue weighted by Gasteiger charge is 2.12. The minimum Gasteiger partial charge on any atom is -0.457 e. The van der Waals surface area contributed by atoms with Crippen LogP contribution in [-0.2, 0) is 0 Å². The number of halogens is 1. The molecule has 0 aliphatic carbocycles. The maximum atomic E-state index is 12.8. The lowest BCUT2D eigenvalue weighted by atomic mass is 10.2. The van der Waals surface area contributed by atoms with Crippen LogP contribution >= 0.6 is 22.9 Å². The molecule has 0 N–H and O–H groups in total. The molecule has 2 heterocycles. The molecule has 146 valence electrons. The predicted octanol–water partition coefficient (Wildman–Crippen LogP) is 4.81. The van der Waals surface area contributed by atoms with E-state index in [4.69, 9.17) is 16.3 Å². The Morgan fingerprint density at radius 1 is 0.933 bits per heavy atom. The molecule has 0 spiro atoms. The zero-order valence-electron chi connectivity index (χ0n) is 15.5. The molecule has 2 aromatic heterocycles. The summed E-state index contributed by atoms with van der Waals surface area (Å²) in [5.74, 6) is 1.93. The second-order valence-electron chi connectivity index (χ2n) is 6.54. The van der Waals surface area contributed by atoms with Gasteiger partial charge in [-0.3, -0.25) is 4.79 Å². The standard InChI is InChI=1S/C23H14ClN3O2S/c24-17-8-5-7-16(14-17)21-25-23-27(26-21)22(28)20(30-23)13-15-6-4-11-19(12-15)29-18-9-2-1-3-10-18/h1-14H/b20-13-.